The Morgan fingerprint density at radius 3 is 2.58 bits per heavy atom. The second kappa shape index (κ2) is 5.45. The lowest BCUT2D eigenvalue weighted by atomic mass is 9.97. The number of benzene rings is 1. The SMILES string of the molecule is CCOc1ccccc1C(N)c1c(C)nn(C)c1C. The highest BCUT2D eigenvalue weighted by molar-refractivity contribution is 5.43. The van der Waals surface area contributed by atoms with Crippen LogP contribution in [0.25, 0.3) is 0 Å². The van der Waals surface area contributed by atoms with Gasteiger partial charge in [-0.15, -0.1) is 0 Å². The number of hydrogen-bond acceptors (Lipinski definition) is 3. The van der Waals surface area contributed by atoms with Gasteiger partial charge in [-0.25, -0.2) is 0 Å². The van der Waals surface area contributed by atoms with E-state index in [1.54, 1.807) is 0 Å². The van der Waals surface area contributed by atoms with Crippen molar-refractivity contribution in [3.63, 3.8) is 0 Å². The first kappa shape index (κ1) is 13.6. The summed E-state index contributed by atoms with van der Waals surface area (Å²) in [6.07, 6.45) is 0. The summed E-state index contributed by atoms with van der Waals surface area (Å²) in [4.78, 5) is 0. The van der Waals surface area contributed by atoms with Crippen molar-refractivity contribution in [1.82, 2.24) is 9.78 Å². The van der Waals surface area contributed by atoms with Crippen LogP contribution in [-0.4, -0.2) is 16.4 Å². The first-order chi connectivity index (χ1) is 9.06. The molecular weight excluding hydrogens is 238 g/mol. The van der Waals surface area contributed by atoms with Crippen LogP contribution in [0.5, 0.6) is 5.75 Å². The third kappa shape index (κ3) is 2.49. The number of ether oxygens (including phenoxy) is 1. The molecule has 1 unspecified atom stereocenters. The Hall–Kier alpha value is -1.81. The van der Waals surface area contributed by atoms with Gasteiger partial charge in [0.25, 0.3) is 0 Å². The van der Waals surface area contributed by atoms with E-state index in [0.29, 0.717) is 6.61 Å². The fraction of sp³-hybridized carbons (Fsp3) is 0.400. The topological polar surface area (TPSA) is 53.1 Å². The van der Waals surface area contributed by atoms with Crippen molar-refractivity contribution < 1.29 is 4.74 Å². The van der Waals surface area contributed by atoms with E-state index < -0.39 is 0 Å². The molecule has 0 aliphatic rings. The van der Waals surface area contributed by atoms with E-state index in [1.807, 2.05) is 56.8 Å². The van der Waals surface area contributed by atoms with Gasteiger partial charge in [0.15, 0.2) is 0 Å². The summed E-state index contributed by atoms with van der Waals surface area (Å²) in [6.45, 7) is 6.64. The van der Waals surface area contributed by atoms with Crippen molar-refractivity contribution in [3.05, 3.63) is 46.8 Å². The number of aryl methyl sites for hydroxylation is 2. The molecule has 1 aromatic heterocycles. The van der Waals surface area contributed by atoms with Crippen molar-refractivity contribution in [2.45, 2.75) is 26.8 Å². The van der Waals surface area contributed by atoms with Crippen LogP contribution in [0.2, 0.25) is 0 Å². The first-order valence-electron chi connectivity index (χ1n) is 6.53. The van der Waals surface area contributed by atoms with Crippen molar-refractivity contribution in [1.29, 1.82) is 0 Å². The minimum absolute atomic E-state index is 0.212. The summed E-state index contributed by atoms with van der Waals surface area (Å²) in [5, 5.41) is 4.43. The fourth-order valence-corrected chi connectivity index (χ4v) is 2.42. The molecule has 0 saturated carbocycles. The molecule has 4 heteroatoms. The van der Waals surface area contributed by atoms with Crippen LogP contribution in [0.15, 0.2) is 24.3 Å². The first-order valence-corrected chi connectivity index (χ1v) is 6.53. The average Bonchev–Trinajstić information content (AvgIpc) is 2.64. The summed E-state index contributed by atoms with van der Waals surface area (Å²) in [6, 6.07) is 7.71. The number of para-hydroxylation sites is 1. The summed E-state index contributed by atoms with van der Waals surface area (Å²) in [5.41, 5.74) is 10.6. The molecule has 19 heavy (non-hydrogen) atoms. The quantitative estimate of drug-likeness (QED) is 0.917. The molecule has 0 radical (unpaired) electrons. The Bertz CT molecular complexity index is 575. The van der Waals surface area contributed by atoms with Crippen LogP contribution in [0.3, 0.4) is 0 Å². The molecule has 4 nitrogen and oxygen atoms in total. The minimum Gasteiger partial charge on any atom is -0.494 e. The second-order valence-electron chi connectivity index (χ2n) is 4.66. The standard InChI is InChI=1S/C15H21N3O/c1-5-19-13-9-7-6-8-12(13)15(16)14-10(2)17-18(4)11(14)3/h6-9,15H,5,16H2,1-4H3. The Morgan fingerprint density at radius 1 is 1.32 bits per heavy atom. The molecule has 0 spiro atoms. The maximum Gasteiger partial charge on any atom is 0.124 e. The van der Waals surface area contributed by atoms with Gasteiger partial charge in [-0.05, 0) is 26.8 Å². The highest BCUT2D eigenvalue weighted by Crippen LogP contribution is 2.31. The third-order valence-corrected chi connectivity index (χ3v) is 3.43. The predicted molar refractivity (Wildman–Crippen MR) is 76.3 cm³/mol. The molecular formula is C15H21N3O. The van der Waals surface area contributed by atoms with E-state index in [4.69, 9.17) is 10.5 Å². The molecule has 0 amide bonds. The van der Waals surface area contributed by atoms with Gasteiger partial charge < -0.3 is 10.5 Å². The molecule has 102 valence electrons. The lowest BCUT2D eigenvalue weighted by Gasteiger charge is -2.17. The van der Waals surface area contributed by atoms with Gasteiger partial charge in [-0.1, -0.05) is 18.2 Å². The van der Waals surface area contributed by atoms with Crippen LogP contribution in [0, 0.1) is 13.8 Å². The zero-order valence-corrected chi connectivity index (χ0v) is 12.0. The molecule has 1 atom stereocenters. The van der Waals surface area contributed by atoms with Crippen LogP contribution in [0.1, 0.15) is 35.5 Å². The Kier molecular flexibility index (Phi) is 3.90. The van der Waals surface area contributed by atoms with Crippen LogP contribution in [0.4, 0.5) is 0 Å². The Balaban J connectivity index is 2.47. The van der Waals surface area contributed by atoms with Crippen LogP contribution in [-0.2, 0) is 7.05 Å². The van der Waals surface area contributed by atoms with Gasteiger partial charge in [0.05, 0.1) is 18.3 Å². The minimum atomic E-state index is -0.212. The summed E-state index contributed by atoms with van der Waals surface area (Å²) >= 11 is 0. The van der Waals surface area contributed by atoms with Gasteiger partial charge in [-0.2, -0.15) is 5.10 Å². The number of nitrogens with two attached hydrogens (primary N) is 1. The highest BCUT2D eigenvalue weighted by atomic mass is 16.5. The Morgan fingerprint density at radius 2 is 2.00 bits per heavy atom. The summed E-state index contributed by atoms with van der Waals surface area (Å²) < 4.78 is 7.53. The van der Waals surface area contributed by atoms with Crippen molar-refractivity contribution in [2.24, 2.45) is 12.8 Å². The maximum absolute atomic E-state index is 6.43. The van der Waals surface area contributed by atoms with Crippen LogP contribution >= 0.6 is 0 Å². The largest absolute Gasteiger partial charge is 0.494 e. The normalized spacial score (nSPS) is 12.5. The van der Waals surface area contributed by atoms with Crippen LogP contribution < -0.4 is 10.5 Å². The van der Waals surface area contributed by atoms with E-state index >= 15 is 0 Å². The van der Waals surface area contributed by atoms with Gasteiger partial charge in [0.2, 0.25) is 0 Å². The van der Waals surface area contributed by atoms with Crippen molar-refractivity contribution >= 4 is 0 Å². The molecule has 0 aliphatic carbocycles. The molecule has 2 aromatic rings. The maximum atomic E-state index is 6.43. The lowest BCUT2D eigenvalue weighted by molar-refractivity contribution is 0.335. The van der Waals surface area contributed by atoms with E-state index in [-0.39, 0.29) is 6.04 Å². The molecule has 1 aromatic carbocycles. The summed E-state index contributed by atoms with van der Waals surface area (Å²) in [7, 11) is 1.94. The molecule has 2 rings (SSSR count). The van der Waals surface area contributed by atoms with Crippen molar-refractivity contribution in [2.75, 3.05) is 6.61 Å². The number of nitrogens with zero attached hydrogens (tertiary/aromatic N) is 2. The molecule has 1 heterocycles. The van der Waals surface area contributed by atoms with Gasteiger partial charge in [0.1, 0.15) is 5.75 Å². The summed E-state index contributed by atoms with van der Waals surface area (Å²) in [5.74, 6) is 0.847. The number of hydrogen-bond donors (Lipinski definition) is 1. The fourth-order valence-electron chi connectivity index (χ4n) is 2.42. The van der Waals surface area contributed by atoms with Gasteiger partial charge >= 0.3 is 0 Å². The van der Waals surface area contributed by atoms with E-state index in [9.17, 15) is 0 Å². The molecule has 2 N–H and O–H groups in total. The zero-order chi connectivity index (χ0) is 14.0. The second-order valence-corrected chi connectivity index (χ2v) is 4.66. The highest BCUT2D eigenvalue weighted by Gasteiger charge is 2.20. The predicted octanol–water partition coefficient (Wildman–Crippen LogP) is 2.48. The average molecular weight is 259 g/mol. The number of aromatic nitrogens is 2. The van der Waals surface area contributed by atoms with E-state index in [0.717, 1.165) is 28.3 Å². The zero-order valence-electron chi connectivity index (χ0n) is 12.0. The van der Waals surface area contributed by atoms with Gasteiger partial charge in [-0.3, -0.25) is 4.68 Å². The third-order valence-electron chi connectivity index (χ3n) is 3.43. The van der Waals surface area contributed by atoms with Crippen molar-refractivity contribution in [3.8, 4) is 5.75 Å². The van der Waals surface area contributed by atoms with E-state index in [1.165, 1.54) is 0 Å². The smallest absolute Gasteiger partial charge is 0.124 e. The molecule has 0 fully saturated rings. The monoisotopic (exact) mass is 259 g/mol. The van der Waals surface area contributed by atoms with Gasteiger partial charge in [0, 0.05) is 23.9 Å². The molecule has 0 aliphatic heterocycles. The molecule has 0 bridgehead atoms. The molecule has 0 saturated heterocycles. The van der Waals surface area contributed by atoms with E-state index in [2.05, 4.69) is 5.10 Å². The number of rotatable bonds is 4. The lowest BCUT2D eigenvalue weighted by Crippen LogP contribution is -2.15. The Labute approximate surface area is 114 Å².